The van der Waals surface area contributed by atoms with E-state index in [1.54, 1.807) is 18.4 Å². The summed E-state index contributed by atoms with van der Waals surface area (Å²) < 4.78 is 5.76. The molecule has 0 radical (unpaired) electrons. The molecule has 18 heavy (non-hydrogen) atoms. The average molecular weight is 270 g/mol. The van der Waals surface area contributed by atoms with Crippen LogP contribution in [0, 0.1) is 6.92 Å². The minimum Gasteiger partial charge on any atom is -0.371 e. The Morgan fingerprint density at radius 3 is 2.39 bits per heavy atom. The first-order valence-electron chi connectivity index (χ1n) is 6.80. The predicted octanol–water partition coefficient (Wildman–Crippen LogP) is 3.78. The van der Waals surface area contributed by atoms with Gasteiger partial charge in [0.15, 0.2) is 0 Å². The summed E-state index contributed by atoms with van der Waals surface area (Å²) in [5.74, 6) is 0. The Morgan fingerprint density at radius 1 is 1.33 bits per heavy atom. The van der Waals surface area contributed by atoms with Crippen molar-refractivity contribution in [3.63, 3.8) is 0 Å². The summed E-state index contributed by atoms with van der Waals surface area (Å²) in [7, 11) is 1.79. The Balaban J connectivity index is 3.09. The molecule has 0 spiro atoms. The molecule has 0 aromatic carbocycles. The first kappa shape index (κ1) is 15.6. The van der Waals surface area contributed by atoms with E-state index in [9.17, 15) is 0 Å². The molecule has 1 heterocycles. The third-order valence-corrected chi connectivity index (χ3v) is 5.18. The second-order valence-electron chi connectivity index (χ2n) is 4.65. The summed E-state index contributed by atoms with van der Waals surface area (Å²) in [5, 5.41) is 4.57. The van der Waals surface area contributed by atoms with Crippen molar-refractivity contribution in [3.8, 4) is 0 Å². The lowest BCUT2D eigenvalue weighted by Crippen LogP contribution is -2.26. The third-order valence-electron chi connectivity index (χ3n) is 3.66. The number of methoxy groups -OCH3 is 1. The Bertz CT molecular complexity index is 364. The van der Waals surface area contributed by atoms with Gasteiger partial charge in [-0.2, -0.15) is 0 Å². The lowest BCUT2D eigenvalue weighted by Gasteiger charge is -2.27. The highest BCUT2D eigenvalue weighted by Gasteiger charge is 2.32. The SMILES string of the molecule is CCNC(C)c1sc(C(CC)(CC)OC)nc1C. The van der Waals surface area contributed by atoms with Crippen LogP contribution in [0.2, 0.25) is 0 Å². The summed E-state index contributed by atoms with van der Waals surface area (Å²) in [5.41, 5.74) is 0.923. The van der Waals surface area contributed by atoms with Crippen molar-refractivity contribution < 1.29 is 4.74 Å². The number of thiazole rings is 1. The Morgan fingerprint density at radius 2 is 1.94 bits per heavy atom. The molecule has 0 aliphatic carbocycles. The van der Waals surface area contributed by atoms with Gasteiger partial charge in [0.1, 0.15) is 10.6 Å². The molecule has 104 valence electrons. The molecule has 1 rings (SSSR count). The highest BCUT2D eigenvalue weighted by Crippen LogP contribution is 2.38. The van der Waals surface area contributed by atoms with E-state index in [-0.39, 0.29) is 5.60 Å². The molecule has 1 unspecified atom stereocenters. The van der Waals surface area contributed by atoms with Gasteiger partial charge in [-0.3, -0.25) is 0 Å². The van der Waals surface area contributed by atoms with Crippen molar-refractivity contribution in [2.75, 3.05) is 13.7 Å². The first-order chi connectivity index (χ1) is 8.54. The second-order valence-corrected chi connectivity index (χ2v) is 5.68. The van der Waals surface area contributed by atoms with Crippen LogP contribution in [0.5, 0.6) is 0 Å². The minimum atomic E-state index is -0.209. The molecule has 0 amide bonds. The summed E-state index contributed by atoms with van der Waals surface area (Å²) in [6, 6.07) is 0.365. The maximum Gasteiger partial charge on any atom is 0.125 e. The van der Waals surface area contributed by atoms with Gasteiger partial charge in [-0.15, -0.1) is 11.3 Å². The summed E-state index contributed by atoms with van der Waals surface area (Å²) >= 11 is 1.79. The molecule has 1 aromatic rings. The maximum atomic E-state index is 5.76. The van der Waals surface area contributed by atoms with Gasteiger partial charge >= 0.3 is 0 Å². The van der Waals surface area contributed by atoms with Gasteiger partial charge in [0.05, 0.1) is 5.69 Å². The van der Waals surface area contributed by atoms with Gasteiger partial charge in [0.25, 0.3) is 0 Å². The summed E-state index contributed by atoms with van der Waals surface area (Å²) in [6.07, 6.45) is 1.92. The van der Waals surface area contributed by atoms with Crippen molar-refractivity contribution in [3.05, 3.63) is 15.6 Å². The van der Waals surface area contributed by atoms with Crippen molar-refractivity contribution in [2.45, 2.75) is 59.1 Å². The molecular weight excluding hydrogens is 244 g/mol. The fourth-order valence-electron chi connectivity index (χ4n) is 2.33. The van der Waals surface area contributed by atoms with E-state index < -0.39 is 0 Å². The lowest BCUT2D eigenvalue weighted by atomic mass is 9.98. The quantitative estimate of drug-likeness (QED) is 0.818. The van der Waals surface area contributed by atoms with E-state index >= 15 is 0 Å². The minimum absolute atomic E-state index is 0.209. The molecule has 0 fully saturated rings. The number of rotatable bonds is 7. The van der Waals surface area contributed by atoms with Crippen LogP contribution in [0.1, 0.15) is 62.2 Å². The van der Waals surface area contributed by atoms with Crippen molar-refractivity contribution in [1.29, 1.82) is 0 Å². The van der Waals surface area contributed by atoms with Crippen LogP contribution in [-0.2, 0) is 10.3 Å². The lowest BCUT2D eigenvalue weighted by molar-refractivity contribution is -0.0219. The zero-order valence-corrected chi connectivity index (χ0v) is 13.3. The fraction of sp³-hybridized carbons (Fsp3) is 0.786. The Kier molecular flexibility index (Phi) is 5.76. The molecule has 0 bridgehead atoms. The van der Waals surface area contributed by atoms with Gasteiger partial charge < -0.3 is 10.1 Å². The topological polar surface area (TPSA) is 34.1 Å². The number of aryl methyl sites for hydroxylation is 1. The number of aromatic nitrogens is 1. The molecule has 0 aliphatic heterocycles. The standard InChI is InChI=1S/C14H26N2OS/c1-7-14(8-2,17-6)13-16-11(5)12(18-13)10(4)15-9-3/h10,15H,7-9H2,1-6H3. The van der Waals surface area contributed by atoms with Gasteiger partial charge in [-0.05, 0) is 33.2 Å². The number of nitrogens with zero attached hydrogens (tertiary/aromatic N) is 1. The van der Waals surface area contributed by atoms with Gasteiger partial charge in [0, 0.05) is 18.0 Å². The van der Waals surface area contributed by atoms with Crippen molar-refractivity contribution in [2.24, 2.45) is 0 Å². The molecule has 0 saturated heterocycles. The molecular formula is C14H26N2OS. The zero-order chi connectivity index (χ0) is 13.8. The number of hydrogen-bond donors (Lipinski definition) is 1. The summed E-state index contributed by atoms with van der Waals surface area (Å²) in [6.45, 7) is 11.7. The van der Waals surface area contributed by atoms with Crippen molar-refractivity contribution in [1.82, 2.24) is 10.3 Å². The van der Waals surface area contributed by atoms with E-state index in [1.807, 2.05) is 0 Å². The molecule has 0 aliphatic rings. The molecule has 1 aromatic heterocycles. The Hall–Kier alpha value is -0.450. The largest absolute Gasteiger partial charge is 0.371 e. The molecule has 3 nitrogen and oxygen atoms in total. The Labute approximate surface area is 115 Å². The van der Waals surface area contributed by atoms with Crippen LogP contribution < -0.4 is 5.32 Å². The highest BCUT2D eigenvalue weighted by molar-refractivity contribution is 7.12. The van der Waals surface area contributed by atoms with E-state index in [1.165, 1.54) is 4.88 Å². The van der Waals surface area contributed by atoms with Crippen LogP contribution >= 0.6 is 11.3 Å². The van der Waals surface area contributed by atoms with E-state index in [0.29, 0.717) is 6.04 Å². The molecule has 4 heteroatoms. The van der Waals surface area contributed by atoms with Gasteiger partial charge in [-0.1, -0.05) is 20.8 Å². The van der Waals surface area contributed by atoms with E-state index in [0.717, 1.165) is 30.1 Å². The third kappa shape index (κ3) is 2.92. The van der Waals surface area contributed by atoms with E-state index in [2.05, 4.69) is 39.9 Å². The fourth-order valence-corrected chi connectivity index (χ4v) is 3.73. The first-order valence-corrected chi connectivity index (χ1v) is 7.62. The number of nitrogens with one attached hydrogen (secondary N) is 1. The predicted molar refractivity (Wildman–Crippen MR) is 78.2 cm³/mol. The van der Waals surface area contributed by atoms with Crippen LogP contribution in [0.3, 0.4) is 0 Å². The number of ether oxygens (including phenoxy) is 1. The van der Waals surface area contributed by atoms with Crippen LogP contribution in [0.4, 0.5) is 0 Å². The van der Waals surface area contributed by atoms with Crippen LogP contribution in [-0.4, -0.2) is 18.6 Å². The second kappa shape index (κ2) is 6.64. The maximum absolute atomic E-state index is 5.76. The van der Waals surface area contributed by atoms with Gasteiger partial charge in [0.2, 0.25) is 0 Å². The van der Waals surface area contributed by atoms with E-state index in [4.69, 9.17) is 9.72 Å². The normalized spacial score (nSPS) is 13.9. The van der Waals surface area contributed by atoms with Crippen LogP contribution in [0.25, 0.3) is 0 Å². The zero-order valence-electron chi connectivity index (χ0n) is 12.5. The summed E-state index contributed by atoms with van der Waals surface area (Å²) in [4.78, 5) is 6.08. The van der Waals surface area contributed by atoms with Gasteiger partial charge in [-0.25, -0.2) is 4.98 Å². The highest BCUT2D eigenvalue weighted by atomic mass is 32.1. The van der Waals surface area contributed by atoms with Crippen molar-refractivity contribution >= 4 is 11.3 Å². The monoisotopic (exact) mass is 270 g/mol. The van der Waals surface area contributed by atoms with Crippen LogP contribution in [0.15, 0.2) is 0 Å². The number of hydrogen-bond acceptors (Lipinski definition) is 4. The molecule has 1 N–H and O–H groups in total. The molecule has 0 saturated carbocycles. The molecule has 1 atom stereocenters. The smallest absolute Gasteiger partial charge is 0.125 e. The average Bonchev–Trinajstić information content (AvgIpc) is 2.75.